The fourth-order valence-electron chi connectivity index (χ4n) is 3.12. The second-order valence-electron chi connectivity index (χ2n) is 6.06. The van der Waals surface area contributed by atoms with Crippen molar-refractivity contribution in [3.05, 3.63) is 63.7 Å². The maximum atomic E-state index is 12.7. The average molecular weight is 325 g/mol. The van der Waals surface area contributed by atoms with Gasteiger partial charge in [0, 0.05) is 29.5 Å². The molecule has 1 atom stereocenters. The minimum absolute atomic E-state index is 0.00966. The topological polar surface area (TPSA) is 75.5 Å². The Morgan fingerprint density at radius 1 is 1.33 bits per heavy atom. The summed E-state index contributed by atoms with van der Waals surface area (Å²) in [4.78, 5) is 24.9. The number of aryl methyl sites for hydroxylation is 1. The van der Waals surface area contributed by atoms with Crippen LogP contribution in [0.2, 0.25) is 0 Å². The highest BCUT2D eigenvalue weighted by molar-refractivity contribution is 5.98. The largest absolute Gasteiger partial charge is 0.376 e. The van der Waals surface area contributed by atoms with Crippen molar-refractivity contribution in [1.82, 2.24) is 0 Å². The zero-order chi connectivity index (χ0) is 17.3. The van der Waals surface area contributed by atoms with Crippen molar-refractivity contribution >= 4 is 23.0 Å². The van der Waals surface area contributed by atoms with Crippen molar-refractivity contribution in [3.63, 3.8) is 0 Å². The summed E-state index contributed by atoms with van der Waals surface area (Å²) < 4.78 is 0. The number of nitro benzene ring substituents is 1. The molecular weight excluding hydrogens is 306 g/mol. The van der Waals surface area contributed by atoms with E-state index in [1.165, 1.54) is 17.7 Å². The number of nitrogens with zero attached hydrogens (tertiary/aromatic N) is 2. The maximum absolute atomic E-state index is 12.7. The van der Waals surface area contributed by atoms with Gasteiger partial charge in [-0.2, -0.15) is 0 Å². The third-order valence-corrected chi connectivity index (χ3v) is 4.34. The average Bonchev–Trinajstić information content (AvgIpc) is 2.89. The molecule has 0 saturated carbocycles. The number of nitrogens with one attached hydrogen (secondary N) is 1. The van der Waals surface area contributed by atoms with Gasteiger partial charge in [-0.25, -0.2) is 0 Å². The van der Waals surface area contributed by atoms with Crippen molar-refractivity contribution in [2.45, 2.75) is 26.3 Å². The molecule has 1 aliphatic rings. The van der Waals surface area contributed by atoms with E-state index in [-0.39, 0.29) is 24.2 Å². The summed E-state index contributed by atoms with van der Waals surface area (Å²) in [6.45, 7) is 3.97. The van der Waals surface area contributed by atoms with Crippen LogP contribution in [0, 0.1) is 17.0 Å². The van der Waals surface area contributed by atoms with Crippen LogP contribution in [0.1, 0.15) is 18.1 Å². The Morgan fingerprint density at radius 2 is 2.08 bits per heavy atom. The minimum atomic E-state index is -0.439. The summed E-state index contributed by atoms with van der Waals surface area (Å²) in [5.74, 6) is -0.0432. The van der Waals surface area contributed by atoms with Crippen LogP contribution in [-0.2, 0) is 11.2 Å². The first-order valence-electron chi connectivity index (χ1n) is 7.86. The van der Waals surface area contributed by atoms with Gasteiger partial charge in [0.05, 0.1) is 11.5 Å². The molecule has 2 aromatic carbocycles. The molecule has 0 spiro atoms. The summed E-state index contributed by atoms with van der Waals surface area (Å²) in [7, 11) is 0. The predicted octanol–water partition coefficient (Wildman–Crippen LogP) is 3.29. The Kier molecular flexibility index (Phi) is 4.20. The van der Waals surface area contributed by atoms with Gasteiger partial charge in [0.2, 0.25) is 5.91 Å². The smallest absolute Gasteiger partial charge is 0.271 e. The number of anilines is 2. The Morgan fingerprint density at radius 3 is 2.83 bits per heavy atom. The van der Waals surface area contributed by atoms with Gasteiger partial charge in [-0.3, -0.25) is 14.9 Å². The lowest BCUT2D eigenvalue weighted by Crippen LogP contribution is -2.39. The zero-order valence-electron chi connectivity index (χ0n) is 13.7. The number of carbonyl (C=O) groups is 1. The fraction of sp³-hybridized carbons (Fsp3) is 0.278. The molecule has 124 valence electrons. The third-order valence-electron chi connectivity index (χ3n) is 4.34. The molecule has 0 saturated heterocycles. The minimum Gasteiger partial charge on any atom is -0.376 e. The number of nitro groups is 1. The van der Waals surface area contributed by atoms with E-state index in [1.54, 1.807) is 11.0 Å². The lowest BCUT2D eigenvalue weighted by molar-refractivity contribution is -0.384. The van der Waals surface area contributed by atoms with Crippen LogP contribution in [-0.4, -0.2) is 23.4 Å². The van der Waals surface area contributed by atoms with Gasteiger partial charge in [-0.15, -0.1) is 0 Å². The molecule has 0 bridgehead atoms. The second-order valence-corrected chi connectivity index (χ2v) is 6.06. The van der Waals surface area contributed by atoms with E-state index in [4.69, 9.17) is 0 Å². The number of hydrogen-bond acceptors (Lipinski definition) is 4. The van der Waals surface area contributed by atoms with Crippen LogP contribution in [0.25, 0.3) is 0 Å². The summed E-state index contributed by atoms with van der Waals surface area (Å²) in [6.07, 6.45) is 0.845. The molecule has 24 heavy (non-hydrogen) atoms. The number of para-hydroxylation sites is 1. The van der Waals surface area contributed by atoms with Crippen LogP contribution in [0.5, 0.6) is 0 Å². The van der Waals surface area contributed by atoms with E-state index in [9.17, 15) is 14.9 Å². The molecule has 0 fully saturated rings. The van der Waals surface area contributed by atoms with Crippen LogP contribution in [0.3, 0.4) is 0 Å². The van der Waals surface area contributed by atoms with Gasteiger partial charge >= 0.3 is 0 Å². The number of rotatable bonds is 4. The van der Waals surface area contributed by atoms with Crippen LogP contribution in [0.4, 0.5) is 17.1 Å². The van der Waals surface area contributed by atoms with E-state index in [2.05, 4.69) is 5.32 Å². The van der Waals surface area contributed by atoms with Crippen LogP contribution >= 0.6 is 0 Å². The Balaban J connectivity index is 1.75. The first kappa shape index (κ1) is 16.0. The highest BCUT2D eigenvalue weighted by Crippen LogP contribution is 2.32. The van der Waals surface area contributed by atoms with Crippen molar-refractivity contribution in [3.8, 4) is 0 Å². The number of non-ortho nitro benzene ring substituents is 1. The first-order valence-corrected chi connectivity index (χ1v) is 7.86. The number of benzene rings is 2. The molecule has 6 nitrogen and oxygen atoms in total. The first-order chi connectivity index (χ1) is 11.5. The Labute approximate surface area is 140 Å². The summed E-state index contributed by atoms with van der Waals surface area (Å²) in [6, 6.07) is 12.6. The highest BCUT2D eigenvalue weighted by atomic mass is 16.6. The zero-order valence-corrected chi connectivity index (χ0v) is 13.7. The molecule has 2 aromatic rings. The van der Waals surface area contributed by atoms with Gasteiger partial charge in [0.25, 0.3) is 5.69 Å². The maximum Gasteiger partial charge on any atom is 0.271 e. The van der Waals surface area contributed by atoms with Crippen molar-refractivity contribution in [2.24, 2.45) is 0 Å². The lowest BCUT2D eigenvalue weighted by atomic mass is 10.1. The van der Waals surface area contributed by atoms with E-state index < -0.39 is 4.92 Å². The number of amides is 1. The van der Waals surface area contributed by atoms with Gasteiger partial charge in [-0.05, 0) is 37.5 Å². The van der Waals surface area contributed by atoms with Gasteiger partial charge in [-0.1, -0.05) is 24.3 Å². The molecule has 1 N–H and O–H groups in total. The summed E-state index contributed by atoms with van der Waals surface area (Å²) in [5.41, 5.74) is 3.61. The van der Waals surface area contributed by atoms with Crippen molar-refractivity contribution in [1.29, 1.82) is 0 Å². The van der Waals surface area contributed by atoms with E-state index >= 15 is 0 Å². The van der Waals surface area contributed by atoms with E-state index in [1.807, 2.05) is 38.1 Å². The van der Waals surface area contributed by atoms with Crippen LogP contribution < -0.4 is 10.2 Å². The number of hydrogen-bond donors (Lipinski definition) is 1. The molecule has 1 amide bonds. The molecule has 3 rings (SSSR count). The van der Waals surface area contributed by atoms with E-state index in [0.29, 0.717) is 5.69 Å². The van der Waals surface area contributed by atoms with E-state index in [0.717, 1.165) is 17.7 Å². The number of fused-ring (bicyclic) bond motifs is 1. The quantitative estimate of drug-likeness (QED) is 0.691. The molecular formula is C18H19N3O3. The van der Waals surface area contributed by atoms with Gasteiger partial charge < -0.3 is 10.2 Å². The Bertz CT molecular complexity index is 804. The standard InChI is InChI=1S/C18H19N3O3/c1-12-7-8-15(21(23)24)10-16(12)19-11-18(22)20-13(2)9-14-5-3-4-6-17(14)20/h3-8,10,13,19H,9,11H2,1-2H3/t13-/m1/s1. The highest BCUT2D eigenvalue weighted by Gasteiger charge is 2.30. The molecule has 0 radical (unpaired) electrons. The molecule has 1 heterocycles. The molecule has 0 aromatic heterocycles. The summed E-state index contributed by atoms with van der Waals surface area (Å²) in [5, 5.41) is 13.9. The third kappa shape index (κ3) is 2.95. The normalized spacial score (nSPS) is 15.9. The van der Waals surface area contributed by atoms with Crippen LogP contribution in [0.15, 0.2) is 42.5 Å². The lowest BCUT2D eigenvalue weighted by Gasteiger charge is -2.23. The molecule has 1 aliphatic heterocycles. The SMILES string of the molecule is Cc1ccc([N+](=O)[O-])cc1NCC(=O)N1c2ccccc2C[C@H]1C. The van der Waals surface area contributed by atoms with Gasteiger partial charge in [0.1, 0.15) is 0 Å². The van der Waals surface area contributed by atoms with Crippen molar-refractivity contribution in [2.75, 3.05) is 16.8 Å². The summed E-state index contributed by atoms with van der Waals surface area (Å²) >= 11 is 0. The molecule has 0 aliphatic carbocycles. The van der Waals surface area contributed by atoms with Crippen molar-refractivity contribution < 1.29 is 9.72 Å². The number of carbonyl (C=O) groups excluding carboxylic acids is 1. The van der Waals surface area contributed by atoms with Gasteiger partial charge in [0.15, 0.2) is 0 Å². The molecule has 6 heteroatoms. The molecule has 0 unspecified atom stereocenters. The fourth-order valence-corrected chi connectivity index (χ4v) is 3.12. The Hall–Kier alpha value is -2.89. The monoisotopic (exact) mass is 325 g/mol. The predicted molar refractivity (Wildman–Crippen MR) is 93.4 cm³/mol. The second kappa shape index (κ2) is 6.31.